The summed E-state index contributed by atoms with van der Waals surface area (Å²) in [5, 5.41) is 0. The van der Waals surface area contributed by atoms with E-state index in [0.29, 0.717) is 6.54 Å². The molecule has 3 heteroatoms. The van der Waals surface area contributed by atoms with Crippen LogP contribution in [-0.4, -0.2) is 19.5 Å². The van der Waals surface area contributed by atoms with Crippen molar-refractivity contribution in [1.82, 2.24) is 0 Å². The van der Waals surface area contributed by atoms with Crippen LogP contribution in [0.25, 0.3) is 0 Å². The molecule has 3 nitrogen and oxygen atoms in total. The number of nitrogens with two attached hydrogens (primary N) is 1. The number of likely N-dealkylation sites (N-methyl/N-ethyl adjacent to an activating group) is 1. The first-order chi connectivity index (χ1) is 7.15. The Morgan fingerprint density at radius 3 is 2.87 bits per heavy atom. The molecule has 0 aliphatic carbocycles. The minimum absolute atomic E-state index is 0.0114. The molecule has 0 bridgehead atoms. The van der Waals surface area contributed by atoms with Gasteiger partial charge in [-0.3, -0.25) is 4.79 Å². The minimum atomic E-state index is -0.0114. The molecule has 0 saturated carbocycles. The molecule has 0 radical (unpaired) electrons. The van der Waals surface area contributed by atoms with E-state index in [0.717, 1.165) is 17.7 Å². The van der Waals surface area contributed by atoms with E-state index in [9.17, 15) is 4.79 Å². The van der Waals surface area contributed by atoms with Gasteiger partial charge >= 0.3 is 0 Å². The quantitative estimate of drug-likeness (QED) is 0.788. The van der Waals surface area contributed by atoms with Crippen molar-refractivity contribution in [2.24, 2.45) is 5.73 Å². The third-order valence-corrected chi connectivity index (χ3v) is 3.05. The summed E-state index contributed by atoms with van der Waals surface area (Å²) < 4.78 is 0. The number of benzene rings is 1. The van der Waals surface area contributed by atoms with Crippen molar-refractivity contribution in [1.29, 1.82) is 0 Å². The SMILES string of the molecule is CC1C(=O)N(C)c2ccc(CCN)cc21. The molecule has 1 heterocycles. The van der Waals surface area contributed by atoms with Crippen molar-refractivity contribution in [3.63, 3.8) is 0 Å². The van der Waals surface area contributed by atoms with E-state index in [1.807, 2.05) is 26.1 Å². The Balaban J connectivity index is 2.42. The van der Waals surface area contributed by atoms with E-state index < -0.39 is 0 Å². The Morgan fingerprint density at radius 1 is 1.47 bits per heavy atom. The fourth-order valence-corrected chi connectivity index (χ4v) is 2.12. The lowest BCUT2D eigenvalue weighted by Crippen LogP contribution is -2.22. The Bertz CT molecular complexity index is 401. The summed E-state index contributed by atoms with van der Waals surface area (Å²) in [6.45, 7) is 2.61. The first kappa shape index (κ1) is 10.2. The van der Waals surface area contributed by atoms with Crippen molar-refractivity contribution in [3.05, 3.63) is 29.3 Å². The van der Waals surface area contributed by atoms with E-state index in [1.165, 1.54) is 5.56 Å². The van der Waals surface area contributed by atoms with Crippen LogP contribution in [-0.2, 0) is 11.2 Å². The molecular formula is C12H16N2O. The van der Waals surface area contributed by atoms with Gasteiger partial charge in [0.05, 0.1) is 5.92 Å². The van der Waals surface area contributed by atoms with Crippen LogP contribution in [0.2, 0.25) is 0 Å². The molecule has 1 atom stereocenters. The van der Waals surface area contributed by atoms with Crippen LogP contribution in [0, 0.1) is 0 Å². The van der Waals surface area contributed by atoms with Crippen LogP contribution in [0.15, 0.2) is 18.2 Å². The fourth-order valence-electron chi connectivity index (χ4n) is 2.12. The van der Waals surface area contributed by atoms with E-state index in [1.54, 1.807) is 4.90 Å². The van der Waals surface area contributed by atoms with Crippen LogP contribution in [0.4, 0.5) is 5.69 Å². The average Bonchev–Trinajstić information content (AvgIpc) is 2.45. The van der Waals surface area contributed by atoms with Crippen LogP contribution in [0.3, 0.4) is 0 Å². The molecular weight excluding hydrogens is 188 g/mol. The number of hydrogen-bond acceptors (Lipinski definition) is 2. The maximum absolute atomic E-state index is 11.7. The molecule has 1 unspecified atom stereocenters. The molecule has 1 aliphatic rings. The molecule has 15 heavy (non-hydrogen) atoms. The van der Waals surface area contributed by atoms with Gasteiger partial charge in [0.1, 0.15) is 0 Å². The third kappa shape index (κ3) is 1.53. The largest absolute Gasteiger partial charge is 0.330 e. The molecule has 80 valence electrons. The molecule has 1 aromatic carbocycles. The van der Waals surface area contributed by atoms with Gasteiger partial charge in [-0.2, -0.15) is 0 Å². The van der Waals surface area contributed by atoms with Gasteiger partial charge in [0.15, 0.2) is 0 Å². The van der Waals surface area contributed by atoms with E-state index in [-0.39, 0.29) is 11.8 Å². The third-order valence-electron chi connectivity index (χ3n) is 3.05. The average molecular weight is 204 g/mol. The minimum Gasteiger partial charge on any atom is -0.330 e. The van der Waals surface area contributed by atoms with Crippen LogP contribution < -0.4 is 10.6 Å². The van der Waals surface area contributed by atoms with Crippen molar-refractivity contribution in [2.75, 3.05) is 18.5 Å². The second-order valence-electron chi connectivity index (χ2n) is 4.05. The molecule has 2 rings (SSSR count). The lowest BCUT2D eigenvalue weighted by atomic mass is 9.99. The standard InChI is InChI=1S/C12H16N2O/c1-8-10-7-9(5-6-13)3-4-11(10)14(2)12(8)15/h3-4,7-8H,5-6,13H2,1-2H3. The van der Waals surface area contributed by atoms with Crippen molar-refractivity contribution in [3.8, 4) is 0 Å². The normalized spacial score (nSPS) is 19.5. The number of anilines is 1. The van der Waals surface area contributed by atoms with E-state index >= 15 is 0 Å². The van der Waals surface area contributed by atoms with Crippen LogP contribution in [0.5, 0.6) is 0 Å². The Kier molecular flexibility index (Phi) is 2.49. The van der Waals surface area contributed by atoms with Gasteiger partial charge in [-0.05, 0) is 37.1 Å². The Morgan fingerprint density at radius 2 is 2.20 bits per heavy atom. The second kappa shape index (κ2) is 3.66. The Labute approximate surface area is 89.9 Å². The van der Waals surface area contributed by atoms with Crippen molar-refractivity contribution < 1.29 is 4.79 Å². The lowest BCUT2D eigenvalue weighted by Gasteiger charge is -2.10. The summed E-state index contributed by atoms with van der Waals surface area (Å²) in [6.07, 6.45) is 0.873. The molecule has 1 aliphatic heterocycles. The fraction of sp³-hybridized carbons (Fsp3) is 0.417. The zero-order valence-corrected chi connectivity index (χ0v) is 9.16. The van der Waals surface area contributed by atoms with Gasteiger partial charge in [-0.25, -0.2) is 0 Å². The number of fused-ring (bicyclic) bond motifs is 1. The maximum Gasteiger partial charge on any atom is 0.234 e. The van der Waals surface area contributed by atoms with Gasteiger partial charge in [0.25, 0.3) is 0 Å². The molecule has 1 amide bonds. The Hall–Kier alpha value is -1.35. The summed E-state index contributed by atoms with van der Waals surface area (Å²) >= 11 is 0. The monoisotopic (exact) mass is 204 g/mol. The van der Waals surface area contributed by atoms with E-state index in [2.05, 4.69) is 6.07 Å². The highest BCUT2D eigenvalue weighted by molar-refractivity contribution is 6.04. The van der Waals surface area contributed by atoms with Crippen LogP contribution >= 0.6 is 0 Å². The smallest absolute Gasteiger partial charge is 0.234 e. The number of hydrogen-bond donors (Lipinski definition) is 1. The van der Waals surface area contributed by atoms with Gasteiger partial charge in [-0.1, -0.05) is 12.1 Å². The number of nitrogens with zero attached hydrogens (tertiary/aromatic N) is 1. The molecule has 0 spiro atoms. The second-order valence-corrected chi connectivity index (χ2v) is 4.05. The number of carbonyl (C=O) groups is 1. The molecule has 0 saturated heterocycles. The summed E-state index contributed by atoms with van der Waals surface area (Å²) in [7, 11) is 1.83. The number of rotatable bonds is 2. The maximum atomic E-state index is 11.7. The van der Waals surface area contributed by atoms with Gasteiger partial charge in [0, 0.05) is 12.7 Å². The lowest BCUT2D eigenvalue weighted by molar-refractivity contribution is -0.118. The molecule has 1 aromatic rings. The van der Waals surface area contributed by atoms with Gasteiger partial charge < -0.3 is 10.6 Å². The summed E-state index contributed by atoms with van der Waals surface area (Å²) in [5.41, 5.74) is 8.90. The van der Waals surface area contributed by atoms with E-state index in [4.69, 9.17) is 5.73 Å². The predicted molar refractivity (Wildman–Crippen MR) is 61.0 cm³/mol. The first-order valence-corrected chi connectivity index (χ1v) is 5.25. The highest BCUT2D eigenvalue weighted by Gasteiger charge is 2.31. The van der Waals surface area contributed by atoms with Gasteiger partial charge in [0.2, 0.25) is 5.91 Å². The molecule has 0 aromatic heterocycles. The summed E-state index contributed by atoms with van der Waals surface area (Å²) in [5.74, 6) is 0.164. The summed E-state index contributed by atoms with van der Waals surface area (Å²) in [6, 6.07) is 6.17. The number of amides is 1. The summed E-state index contributed by atoms with van der Waals surface area (Å²) in [4.78, 5) is 13.5. The topological polar surface area (TPSA) is 46.3 Å². The first-order valence-electron chi connectivity index (χ1n) is 5.25. The number of carbonyl (C=O) groups excluding carboxylic acids is 1. The highest BCUT2D eigenvalue weighted by atomic mass is 16.2. The van der Waals surface area contributed by atoms with Gasteiger partial charge in [-0.15, -0.1) is 0 Å². The highest BCUT2D eigenvalue weighted by Crippen LogP contribution is 2.36. The molecule has 0 fully saturated rings. The zero-order chi connectivity index (χ0) is 11.0. The van der Waals surface area contributed by atoms with Crippen molar-refractivity contribution in [2.45, 2.75) is 19.3 Å². The molecule has 2 N–H and O–H groups in total. The van der Waals surface area contributed by atoms with Crippen LogP contribution in [0.1, 0.15) is 24.0 Å². The zero-order valence-electron chi connectivity index (χ0n) is 9.16. The van der Waals surface area contributed by atoms with Crippen molar-refractivity contribution >= 4 is 11.6 Å². The predicted octanol–water partition coefficient (Wildman–Crippen LogP) is 1.27.